The Bertz CT molecular complexity index is 538. The lowest BCUT2D eigenvalue weighted by molar-refractivity contribution is 0.280. The highest BCUT2D eigenvalue weighted by atomic mass is 79.9. The molecule has 2 aromatic rings. The van der Waals surface area contributed by atoms with Crippen LogP contribution in [0.1, 0.15) is 5.56 Å². The summed E-state index contributed by atoms with van der Waals surface area (Å²) >= 11 is 3.08. The molecular weight excluding hydrogens is 250 g/mol. The average Bonchev–Trinajstić information content (AvgIpc) is 2.20. The van der Waals surface area contributed by atoms with E-state index in [0.717, 1.165) is 0 Å². The Balaban J connectivity index is 2.87. The summed E-state index contributed by atoms with van der Waals surface area (Å²) < 4.78 is 0.352. The molecule has 0 saturated carbocycles. The van der Waals surface area contributed by atoms with Crippen LogP contribution in [-0.4, -0.2) is 20.1 Å². The van der Waals surface area contributed by atoms with Crippen molar-refractivity contribution in [2.75, 3.05) is 0 Å². The van der Waals surface area contributed by atoms with Crippen LogP contribution in [0.15, 0.2) is 21.9 Å². The molecule has 0 bridgehead atoms. The van der Waals surface area contributed by atoms with Crippen molar-refractivity contribution >= 4 is 27.0 Å². The number of aliphatic hydroxyl groups excluding tert-OH is 1. The molecule has 0 radical (unpaired) electrons. The second-order valence-corrected chi connectivity index (χ2v) is 3.41. The number of pyridine rings is 1. The molecule has 0 amide bonds. The molecule has 0 aromatic carbocycles. The number of nitrogens with one attached hydrogen (secondary N) is 1. The highest BCUT2D eigenvalue weighted by Gasteiger charge is 2.05. The lowest BCUT2D eigenvalue weighted by Crippen LogP contribution is -2.11. The van der Waals surface area contributed by atoms with E-state index in [-0.39, 0.29) is 17.6 Å². The minimum Gasteiger partial charge on any atom is -0.391 e. The fourth-order valence-corrected chi connectivity index (χ4v) is 1.42. The summed E-state index contributed by atoms with van der Waals surface area (Å²) in [5.41, 5.74) is 0.848. The van der Waals surface area contributed by atoms with Gasteiger partial charge >= 0.3 is 0 Å². The number of H-pyrrole nitrogens is 1. The number of fused-ring (bicyclic) bond motifs is 1. The zero-order valence-electron chi connectivity index (χ0n) is 6.99. The largest absolute Gasteiger partial charge is 0.391 e. The summed E-state index contributed by atoms with van der Waals surface area (Å²) in [7, 11) is 0. The van der Waals surface area contributed by atoms with E-state index < -0.39 is 0 Å². The Kier molecular flexibility index (Phi) is 2.30. The van der Waals surface area contributed by atoms with E-state index >= 15 is 0 Å². The van der Waals surface area contributed by atoms with E-state index in [1.165, 1.54) is 12.4 Å². The number of nitrogens with zero attached hydrogens (tertiary/aromatic N) is 2. The minimum atomic E-state index is -0.299. The molecular formula is C8H6BrN3O2. The average molecular weight is 256 g/mol. The standard InChI is InChI=1S/C8H6BrN3O2/c9-8-11-2-5-6(12-8)7(14)4(3-13)1-10-5/h1-2,13H,3H2,(H,10,14). The number of hydrogen-bond donors (Lipinski definition) is 2. The van der Waals surface area contributed by atoms with Crippen LogP contribution in [-0.2, 0) is 6.61 Å². The van der Waals surface area contributed by atoms with Crippen LogP contribution in [0, 0.1) is 0 Å². The molecule has 0 unspecified atom stereocenters. The maximum Gasteiger partial charge on any atom is 0.213 e. The lowest BCUT2D eigenvalue weighted by Gasteiger charge is -1.99. The first-order chi connectivity index (χ1) is 6.72. The van der Waals surface area contributed by atoms with Gasteiger partial charge in [0.2, 0.25) is 5.43 Å². The van der Waals surface area contributed by atoms with Crippen LogP contribution in [0.4, 0.5) is 0 Å². The van der Waals surface area contributed by atoms with Crippen molar-refractivity contribution in [2.24, 2.45) is 0 Å². The zero-order valence-corrected chi connectivity index (χ0v) is 8.58. The van der Waals surface area contributed by atoms with Gasteiger partial charge in [0.05, 0.1) is 18.3 Å². The third-order valence-electron chi connectivity index (χ3n) is 1.84. The SMILES string of the molecule is O=c1c(CO)c[nH]c2cnc(Br)nc12. The molecule has 2 rings (SSSR count). The smallest absolute Gasteiger partial charge is 0.213 e. The summed E-state index contributed by atoms with van der Waals surface area (Å²) in [6.45, 7) is -0.299. The summed E-state index contributed by atoms with van der Waals surface area (Å²) in [4.78, 5) is 22.3. The predicted molar refractivity (Wildman–Crippen MR) is 53.8 cm³/mol. The Hall–Kier alpha value is -1.27. The molecule has 0 saturated heterocycles. The van der Waals surface area contributed by atoms with Crippen LogP contribution in [0.2, 0.25) is 0 Å². The van der Waals surface area contributed by atoms with Gasteiger partial charge in [0.1, 0.15) is 5.52 Å². The summed E-state index contributed by atoms with van der Waals surface area (Å²) in [5.74, 6) is 0. The number of hydrogen-bond acceptors (Lipinski definition) is 4. The maximum atomic E-state index is 11.6. The van der Waals surface area contributed by atoms with Gasteiger partial charge in [-0.1, -0.05) is 0 Å². The van der Waals surface area contributed by atoms with Crippen molar-refractivity contribution in [2.45, 2.75) is 6.61 Å². The number of aromatic nitrogens is 3. The molecule has 0 spiro atoms. The highest BCUT2D eigenvalue weighted by molar-refractivity contribution is 9.10. The van der Waals surface area contributed by atoms with Gasteiger partial charge in [0, 0.05) is 11.8 Å². The van der Waals surface area contributed by atoms with Gasteiger partial charge in [-0.15, -0.1) is 0 Å². The summed E-state index contributed by atoms with van der Waals surface area (Å²) in [6.07, 6.45) is 2.97. The van der Waals surface area contributed by atoms with Crippen molar-refractivity contribution in [3.63, 3.8) is 0 Å². The monoisotopic (exact) mass is 255 g/mol. The number of aliphatic hydroxyl groups is 1. The molecule has 0 aliphatic rings. The topological polar surface area (TPSA) is 78.9 Å². The van der Waals surface area contributed by atoms with Crippen LogP contribution >= 0.6 is 15.9 Å². The second kappa shape index (κ2) is 3.47. The van der Waals surface area contributed by atoms with Crippen molar-refractivity contribution in [3.05, 3.63) is 32.9 Å². The van der Waals surface area contributed by atoms with Crippen molar-refractivity contribution in [1.82, 2.24) is 15.0 Å². The van der Waals surface area contributed by atoms with Gasteiger partial charge < -0.3 is 10.1 Å². The molecule has 2 aromatic heterocycles. The Morgan fingerprint density at radius 3 is 3.07 bits per heavy atom. The van der Waals surface area contributed by atoms with Crippen LogP contribution in [0.3, 0.4) is 0 Å². The normalized spacial score (nSPS) is 10.7. The van der Waals surface area contributed by atoms with Crippen LogP contribution in [0.5, 0.6) is 0 Å². The molecule has 0 aliphatic carbocycles. The Morgan fingerprint density at radius 2 is 2.36 bits per heavy atom. The summed E-state index contributed by atoms with van der Waals surface area (Å²) in [5, 5.41) is 8.87. The fourth-order valence-electron chi connectivity index (χ4n) is 1.14. The van der Waals surface area contributed by atoms with Crippen LogP contribution < -0.4 is 5.43 Å². The van der Waals surface area contributed by atoms with Crippen molar-refractivity contribution in [1.29, 1.82) is 0 Å². The van der Waals surface area contributed by atoms with Gasteiger partial charge in [0.25, 0.3) is 0 Å². The van der Waals surface area contributed by atoms with E-state index in [9.17, 15) is 4.79 Å². The first-order valence-electron chi connectivity index (χ1n) is 3.86. The molecule has 2 heterocycles. The van der Waals surface area contributed by atoms with E-state index in [2.05, 4.69) is 30.9 Å². The maximum absolute atomic E-state index is 11.6. The van der Waals surface area contributed by atoms with Gasteiger partial charge in [0.15, 0.2) is 4.73 Å². The van der Waals surface area contributed by atoms with Gasteiger partial charge in [-0.3, -0.25) is 4.79 Å². The number of aromatic amines is 1. The molecule has 14 heavy (non-hydrogen) atoms. The highest BCUT2D eigenvalue weighted by Crippen LogP contribution is 2.07. The molecule has 2 N–H and O–H groups in total. The van der Waals surface area contributed by atoms with Gasteiger partial charge in [-0.05, 0) is 15.9 Å². The zero-order chi connectivity index (χ0) is 10.1. The van der Waals surface area contributed by atoms with Gasteiger partial charge in [-0.25, -0.2) is 9.97 Å². The Morgan fingerprint density at radius 1 is 1.57 bits per heavy atom. The van der Waals surface area contributed by atoms with Crippen LogP contribution in [0.25, 0.3) is 11.0 Å². The molecule has 72 valence electrons. The molecule has 0 atom stereocenters. The molecule has 0 fully saturated rings. The van der Waals surface area contributed by atoms with Gasteiger partial charge in [-0.2, -0.15) is 0 Å². The third kappa shape index (κ3) is 1.42. The second-order valence-electron chi connectivity index (χ2n) is 2.70. The quantitative estimate of drug-likeness (QED) is 0.731. The summed E-state index contributed by atoms with van der Waals surface area (Å²) in [6, 6.07) is 0. The van der Waals surface area contributed by atoms with E-state index in [0.29, 0.717) is 15.8 Å². The van der Waals surface area contributed by atoms with E-state index in [4.69, 9.17) is 5.11 Å². The van der Waals surface area contributed by atoms with E-state index in [1.807, 2.05) is 0 Å². The van der Waals surface area contributed by atoms with E-state index in [1.54, 1.807) is 0 Å². The number of rotatable bonds is 1. The van der Waals surface area contributed by atoms with Crippen molar-refractivity contribution in [3.8, 4) is 0 Å². The predicted octanol–water partition coefficient (Wildman–Crippen LogP) is 0.573. The molecule has 0 aliphatic heterocycles. The fraction of sp³-hybridized carbons (Fsp3) is 0.125. The minimum absolute atomic E-state index is 0.274. The first kappa shape index (κ1) is 9.29. The molecule has 6 heteroatoms. The first-order valence-corrected chi connectivity index (χ1v) is 4.65. The molecule has 5 nitrogen and oxygen atoms in total. The lowest BCUT2D eigenvalue weighted by atomic mass is 10.2. The van der Waals surface area contributed by atoms with Crippen molar-refractivity contribution < 1.29 is 5.11 Å². The number of halogens is 1. The Labute approximate surface area is 87.0 Å². The third-order valence-corrected chi connectivity index (χ3v) is 2.22.